The quantitative estimate of drug-likeness (QED) is 0.708. The van der Waals surface area contributed by atoms with Crippen molar-refractivity contribution in [2.24, 2.45) is 0 Å². The van der Waals surface area contributed by atoms with Gasteiger partial charge in [-0.15, -0.1) is 0 Å². The van der Waals surface area contributed by atoms with Crippen LogP contribution >= 0.6 is 0 Å². The van der Waals surface area contributed by atoms with Crippen molar-refractivity contribution >= 4 is 0 Å². The van der Waals surface area contributed by atoms with Gasteiger partial charge in [0.25, 0.3) is 0 Å². The Morgan fingerprint density at radius 2 is 2.33 bits per heavy atom. The van der Waals surface area contributed by atoms with Gasteiger partial charge in [0.1, 0.15) is 0 Å². The first-order valence-electron chi connectivity index (χ1n) is 3.20. The van der Waals surface area contributed by atoms with Gasteiger partial charge in [0.05, 0.1) is 0 Å². The fourth-order valence-electron chi connectivity index (χ4n) is 0.952. The SMILES string of the molecule is [CH2-]CC[C-]1CCCO1.[W+2]. The number of rotatable bonds is 2. The Hall–Kier alpha value is 0.648. The molecule has 9 heavy (non-hydrogen) atoms. The van der Waals surface area contributed by atoms with Crippen LogP contribution < -0.4 is 0 Å². The van der Waals surface area contributed by atoms with Crippen LogP contribution in [0.1, 0.15) is 25.7 Å². The van der Waals surface area contributed by atoms with Gasteiger partial charge in [0, 0.05) is 6.61 Å². The van der Waals surface area contributed by atoms with Gasteiger partial charge in [-0.1, -0.05) is 6.42 Å². The molecule has 1 fully saturated rings. The normalized spacial score (nSPS) is 19.7. The molecule has 0 aromatic carbocycles. The van der Waals surface area contributed by atoms with Gasteiger partial charge in [-0.2, -0.15) is 18.9 Å². The van der Waals surface area contributed by atoms with Gasteiger partial charge in [0.15, 0.2) is 0 Å². The monoisotopic (exact) mass is 296 g/mol. The van der Waals surface area contributed by atoms with Crippen LogP contribution in [0.25, 0.3) is 0 Å². The minimum atomic E-state index is 0. The third-order valence-electron chi connectivity index (χ3n) is 1.36. The summed E-state index contributed by atoms with van der Waals surface area (Å²) in [4.78, 5) is 0. The fraction of sp³-hybridized carbons (Fsp3) is 0.714. The van der Waals surface area contributed by atoms with E-state index in [1.165, 1.54) is 18.9 Å². The zero-order chi connectivity index (χ0) is 5.82. The molecule has 2 heteroatoms. The van der Waals surface area contributed by atoms with Crippen LogP contribution in [0.15, 0.2) is 0 Å². The van der Waals surface area contributed by atoms with E-state index < -0.39 is 0 Å². The zero-order valence-electron chi connectivity index (χ0n) is 5.56. The Balaban J connectivity index is 0.000000640. The van der Waals surface area contributed by atoms with E-state index in [4.69, 9.17) is 4.74 Å². The summed E-state index contributed by atoms with van der Waals surface area (Å²) in [5, 5.41) is 0. The maximum absolute atomic E-state index is 5.27. The molecule has 1 saturated heterocycles. The number of ether oxygens (including phenoxy) is 1. The second-order valence-electron chi connectivity index (χ2n) is 2.09. The Bertz CT molecular complexity index is 59.9. The van der Waals surface area contributed by atoms with Crippen molar-refractivity contribution in [1.29, 1.82) is 0 Å². The molecule has 1 aliphatic rings. The predicted molar refractivity (Wildman–Crippen MR) is 33.0 cm³/mol. The second kappa shape index (κ2) is 5.43. The van der Waals surface area contributed by atoms with Crippen molar-refractivity contribution < 1.29 is 25.8 Å². The van der Waals surface area contributed by atoms with E-state index in [9.17, 15) is 0 Å². The van der Waals surface area contributed by atoms with Gasteiger partial charge in [-0.3, -0.25) is 0 Å². The molecule has 0 atom stereocenters. The van der Waals surface area contributed by atoms with Crippen molar-refractivity contribution in [3.63, 3.8) is 0 Å². The molecule has 0 unspecified atom stereocenters. The summed E-state index contributed by atoms with van der Waals surface area (Å²) in [5.74, 6) is 0. The van der Waals surface area contributed by atoms with Crippen LogP contribution in [-0.2, 0) is 25.8 Å². The molecule has 0 aromatic rings. The van der Waals surface area contributed by atoms with E-state index in [0.717, 1.165) is 19.4 Å². The Morgan fingerprint density at radius 1 is 1.56 bits per heavy atom. The van der Waals surface area contributed by atoms with Crippen molar-refractivity contribution in [2.75, 3.05) is 6.61 Å². The van der Waals surface area contributed by atoms with Crippen LogP contribution in [0.2, 0.25) is 0 Å². The van der Waals surface area contributed by atoms with E-state index in [1.54, 1.807) is 0 Å². The summed E-state index contributed by atoms with van der Waals surface area (Å²) in [6.07, 6.45) is 5.71. The molecule has 0 spiro atoms. The molecular weight excluding hydrogens is 284 g/mol. The molecule has 1 aliphatic heterocycles. The molecule has 0 radical (unpaired) electrons. The van der Waals surface area contributed by atoms with Crippen LogP contribution in [0.4, 0.5) is 0 Å². The number of hydrogen-bond acceptors (Lipinski definition) is 1. The predicted octanol–water partition coefficient (Wildman–Crippen LogP) is 1.94. The Kier molecular flexibility index (Phi) is 5.83. The van der Waals surface area contributed by atoms with E-state index in [-0.39, 0.29) is 21.1 Å². The molecule has 0 bridgehead atoms. The molecule has 1 nitrogen and oxygen atoms in total. The van der Waals surface area contributed by atoms with E-state index in [2.05, 4.69) is 6.92 Å². The molecular formula is C7H12OW. The number of hydrogen-bond donors (Lipinski definition) is 0. The van der Waals surface area contributed by atoms with Crippen LogP contribution in [0.3, 0.4) is 0 Å². The summed E-state index contributed by atoms with van der Waals surface area (Å²) >= 11 is 0. The van der Waals surface area contributed by atoms with Crippen LogP contribution in [-0.4, -0.2) is 6.61 Å². The second-order valence-corrected chi connectivity index (χ2v) is 2.09. The molecule has 1 heterocycles. The van der Waals surface area contributed by atoms with E-state index in [1.807, 2.05) is 0 Å². The zero-order valence-corrected chi connectivity index (χ0v) is 8.49. The molecule has 1 rings (SSSR count). The first-order chi connectivity index (χ1) is 3.93. The molecule has 0 aromatic heterocycles. The van der Waals surface area contributed by atoms with Gasteiger partial charge in [0.2, 0.25) is 0 Å². The smallest absolute Gasteiger partial charge is 0.549 e. The minimum Gasteiger partial charge on any atom is -0.549 e. The first kappa shape index (κ1) is 9.65. The van der Waals surface area contributed by atoms with Crippen molar-refractivity contribution in [2.45, 2.75) is 25.7 Å². The molecule has 0 amide bonds. The largest absolute Gasteiger partial charge is 2.00 e. The summed E-state index contributed by atoms with van der Waals surface area (Å²) in [6, 6.07) is 0. The topological polar surface area (TPSA) is 9.23 Å². The van der Waals surface area contributed by atoms with Crippen LogP contribution in [0.5, 0.6) is 0 Å². The maximum Gasteiger partial charge on any atom is 2.00 e. The summed E-state index contributed by atoms with van der Waals surface area (Å²) in [5.41, 5.74) is 0. The van der Waals surface area contributed by atoms with E-state index >= 15 is 0 Å². The summed E-state index contributed by atoms with van der Waals surface area (Å²) < 4.78 is 5.27. The maximum atomic E-state index is 5.27. The van der Waals surface area contributed by atoms with Gasteiger partial charge in [-0.25, -0.2) is 6.42 Å². The van der Waals surface area contributed by atoms with Crippen molar-refractivity contribution in [3.8, 4) is 0 Å². The molecule has 52 valence electrons. The molecule has 0 N–H and O–H groups in total. The molecule has 0 aliphatic carbocycles. The van der Waals surface area contributed by atoms with E-state index in [0.29, 0.717) is 0 Å². The average Bonchev–Trinajstić information content (AvgIpc) is 2.19. The van der Waals surface area contributed by atoms with Crippen LogP contribution in [0, 0.1) is 13.0 Å². The average molecular weight is 296 g/mol. The standard InChI is InChI=1S/C7H12O.W/c1-2-4-7-5-3-6-8-7;/h1-6H2;/q-2;+2. The molecule has 0 saturated carbocycles. The third kappa shape index (κ3) is 3.37. The van der Waals surface area contributed by atoms with Gasteiger partial charge in [-0.05, 0) is 0 Å². The Labute approximate surface area is 71.4 Å². The summed E-state index contributed by atoms with van der Waals surface area (Å²) in [6.45, 7) is 4.69. The Morgan fingerprint density at radius 3 is 2.78 bits per heavy atom. The van der Waals surface area contributed by atoms with Crippen molar-refractivity contribution in [3.05, 3.63) is 13.0 Å². The first-order valence-corrected chi connectivity index (χ1v) is 3.20. The minimum absolute atomic E-state index is 0. The summed E-state index contributed by atoms with van der Waals surface area (Å²) in [7, 11) is 0. The van der Waals surface area contributed by atoms with Gasteiger partial charge >= 0.3 is 21.1 Å². The van der Waals surface area contributed by atoms with Gasteiger partial charge < -0.3 is 11.7 Å². The van der Waals surface area contributed by atoms with Crippen molar-refractivity contribution in [1.82, 2.24) is 0 Å². The third-order valence-corrected chi connectivity index (χ3v) is 1.36. The fourth-order valence-corrected chi connectivity index (χ4v) is 0.952.